The fourth-order valence-corrected chi connectivity index (χ4v) is 1.92. The molecule has 0 saturated heterocycles. The van der Waals surface area contributed by atoms with Crippen LogP contribution in [0.2, 0.25) is 0 Å². The van der Waals surface area contributed by atoms with Crippen molar-refractivity contribution in [3.63, 3.8) is 0 Å². The van der Waals surface area contributed by atoms with Gasteiger partial charge in [0.1, 0.15) is 11.6 Å². The minimum Gasteiger partial charge on any atom is -0.497 e. The van der Waals surface area contributed by atoms with Crippen molar-refractivity contribution in [2.75, 3.05) is 7.11 Å². The summed E-state index contributed by atoms with van der Waals surface area (Å²) in [6.07, 6.45) is 0. The molecule has 1 aromatic carbocycles. The molecule has 0 aliphatic rings. The van der Waals surface area contributed by atoms with Gasteiger partial charge in [-0.3, -0.25) is 9.89 Å². The monoisotopic (exact) mass is 256 g/mol. The van der Waals surface area contributed by atoms with Crippen LogP contribution in [0.3, 0.4) is 0 Å². The van der Waals surface area contributed by atoms with E-state index in [2.05, 4.69) is 15.1 Å². The summed E-state index contributed by atoms with van der Waals surface area (Å²) >= 11 is 0. The number of hydrogen-bond donors (Lipinski definition) is 1. The molecule has 0 amide bonds. The summed E-state index contributed by atoms with van der Waals surface area (Å²) in [5.74, 6) is 1.73. The summed E-state index contributed by atoms with van der Waals surface area (Å²) in [5, 5.41) is 2.83. The van der Waals surface area contributed by atoms with Crippen LogP contribution in [0, 0.1) is 6.92 Å². The smallest absolute Gasteiger partial charge is 0.274 e. The summed E-state index contributed by atoms with van der Waals surface area (Å²) in [5.41, 5.74) is 1.21. The van der Waals surface area contributed by atoms with Crippen LogP contribution in [0.5, 0.6) is 5.75 Å². The molecule has 6 heteroatoms. The van der Waals surface area contributed by atoms with Crippen molar-refractivity contribution in [1.29, 1.82) is 0 Å². The first kappa shape index (κ1) is 11.5. The van der Waals surface area contributed by atoms with E-state index in [0.717, 1.165) is 11.3 Å². The van der Waals surface area contributed by atoms with Crippen molar-refractivity contribution in [1.82, 2.24) is 19.6 Å². The molecule has 0 aliphatic carbocycles. The molecule has 6 nitrogen and oxygen atoms in total. The second-order valence-corrected chi connectivity index (χ2v) is 4.16. The van der Waals surface area contributed by atoms with E-state index in [4.69, 9.17) is 4.74 Å². The van der Waals surface area contributed by atoms with Gasteiger partial charge in [-0.1, -0.05) is 12.1 Å². The minimum absolute atomic E-state index is 0.191. The molecule has 0 atom stereocenters. The molecule has 0 bridgehead atoms. The van der Waals surface area contributed by atoms with E-state index in [1.165, 1.54) is 10.6 Å². The Labute approximate surface area is 108 Å². The molecule has 3 aromatic rings. The Morgan fingerprint density at radius 2 is 2.11 bits per heavy atom. The van der Waals surface area contributed by atoms with Crippen molar-refractivity contribution in [3.8, 4) is 17.0 Å². The number of H-pyrrole nitrogens is 1. The molecule has 0 aliphatic heterocycles. The molecule has 0 fully saturated rings. The topological polar surface area (TPSA) is 72.3 Å². The van der Waals surface area contributed by atoms with Gasteiger partial charge in [0, 0.05) is 11.6 Å². The lowest BCUT2D eigenvalue weighted by molar-refractivity contribution is 0.415. The Morgan fingerprint density at radius 1 is 1.26 bits per heavy atom. The number of aromatic nitrogens is 4. The number of nitrogens with zero attached hydrogens (tertiary/aromatic N) is 3. The summed E-state index contributed by atoms with van der Waals surface area (Å²) in [6.45, 7) is 1.78. The molecule has 1 N–H and O–H groups in total. The quantitative estimate of drug-likeness (QED) is 0.752. The first-order valence-electron chi connectivity index (χ1n) is 5.78. The molecule has 0 saturated carbocycles. The van der Waals surface area contributed by atoms with E-state index in [-0.39, 0.29) is 5.56 Å². The predicted octanol–water partition coefficient (Wildman–Crippen LogP) is 1.40. The zero-order chi connectivity index (χ0) is 13.4. The summed E-state index contributed by atoms with van der Waals surface area (Å²) < 4.78 is 6.48. The molecule has 0 unspecified atom stereocenters. The maximum Gasteiger partial charge on any atom is 0.274 e. The number of rotatable bonds is 2. The first-order chi connectivity index (χ1) is 9.17. The van der Waals surface area contributed by atoms with E-state index in [1.807, 2.05) is 24.3 Å². The SMILES string of the molecule is COc1cccc(-c2cc(=O)n3[nH]c(C)nc3n2)c1. The third-order valence-electron chi connectivity index (χ3n) is 2.81. The number of aromatic amines is 1. The molecule has 2 heterocycles. The maximum absolute atomic E-state index is 12.0. The lowest BCUT2D eigenvalue weighted by Gasteiger charge is -2.03. The number of nitrogens with one attached hydrogen (secondary N) is 1. The van der Waals surface area contributed by atoms with Gasteiger partial charge in [0.2, 0.25) is 0 Å². The maximum atomic E-state index is 12.0. The molecule has 96 valence electrons. The van der Waals surface area contributed by atoms with Crippen molar-refractivity contribution in [2.45, 2.75) is 6.92 Å². The molecule has 3 rings (SSSR count). The molecule has 0 radical (unpaired) electrons. The normalized spacial score (nSPS) is 10.8. The largest absolute Gasteiger partial charge is 0.497 e. The van der Waals surface area contributed by atoms with Crippen molar-refractivity contribution >= 4 is 5.78 Å². The Kier molecular flexibility index (Phi) is 2.56. The highest BCUT2D eigenvalue weighted by molar-refractivity contribution is 5.62. The number of ether oxygens (including phenoxy) is 1. The molecule has 2 aromatic heterocycles. The molecule has 0 spiro atoms. The highest BCUT2D eigenvalue weighted by Gasteiger charge is 2.08. The highest BCUT2D eigenvalue weighted by Crippen LogP contribution is 2.21. The molecular formula is C13H12N4O2. The predicted molar refractivity (Wildman–Crippen MR) is 70.3 cm³/mol. The van der Waals surface area contributed by atoms with E-state index < -0.39 is 0 Å². The minimum atomic E-state index is -0.191. The number of hydrogen-bond acceptors (Lipinski definition) is 4. The van der Waals surface area contributed by atoms with E-state index in [9.17, 15) is 4.79 Å². The second kappa shape index (κ2) is 4.24. The van der Waals surface area contributed by atoms with Gasteiger partial charge in [-0.25, -0.2) is 4.98 Å². The van der Waals surface area contributed by atoms with Crippen LogP contribution in [-0.2, 0) is 0 Å². The Bertz CT molecular complexity index is 804. The van der Waals surface area contributed by atoms with Crippen molar-refractivity contribution < 1.29 is 4.74 Å². The standard InChI is InChI=1S/C13H12N4O2/c1-8-14-13-15-11(7-12(18)17(13)16-8)9-4-3-5-10(6-9)19-2/h3-7H,1-2H3,(H,14,15,16). The third kappa shape index (κ3) is 1.97. The van der Waals surface area contributed by atoms with Crippen LogP contribution >= 0.6 is 0 Å². The van der Waals surface area contributed by atoms with Gasteiger partial charge in [0.05, 0.1) is 12.8 Å². The summed E-state index contributed by atoms with van der Waals surface area (Å²) in [7, 11) is 1.60. The van der Waals surface area contributed by atoms with E-state index >= 15 is 0 Å². The van der Waals surface area contributed by atoms with Crippen LogP contribution in [0.15, 0.2) is 35.1 Å². The Hall–Kier alpha value is -2.63. The van der Waals surface area contributed by atoms with Crippen LogP contribution in [0.25, 0.3) is 17.0 Å². The van der Waals surface area contributed by atoms with Gasteiger partial charge in [0.25, 0.3) is 11.3 Å². The van der Waals surface area contributed by atoms with Gasteiger partial charge in [0.15, 0.2) is 0 Å². The van der Waals surface area contributed by atoms with Crippen LogP contribution in [0.4, 0.5) is 0 Å². The first-order valence-corrected chi connectivity index (χ1v) is 5.78. The fourth-order valence-electron chi connectivity index (χ4n) is 1.92. The highest BCUT2D eigenvalue weighted by atomic mass is 16.5. The van der Waals surface area contributed by atoms with E-state index in [0.29, 0.717) is 17.3 Å². The Balaban J connectivity index is 2.21. The zero-order valence-electron chi connectivity index (χ0n) is 10.5. The van der Waals surface area contributed by atoms with E-state index in [1.54, 1.807) is 14.0 Å². The fraction of sp³-hybridized carbons (Fsp3) is 0.154. The second-order valence-electron chi connectivity index (χ2n) is 4.16. The Morgan fingerprint density at radius 3 is 2.89 bits per heavy atom. The van der Waals surface area contributed by atoms with Gasteiger partial charge < -0.3 is 4.74 Å². The average Bonchev–Trinajstić information content (AvgIpc) is 2.80. The van der Waals surface area contributed by atoms with Crippen molar-refractivity contribution in [3.05, 3.63) is 46.5 Å². The van der Waals surface area contributed by atoms with Crippen LogP contribution in [0.1, 0.15) is 5.82 Å². The van der Waals surface area contributed by atoms with Crippen LogP contribution in [-0.4, -0.2) is 26.7 Å². The lowest BCUT2D eigenvalue weighted by Crippen LogP contribution is -2.14. The number of benzene rings is 1. The number of fused-ring (bicyclic) bond motifs is 1. The van der Waals surface area contributed by atoms with Gasteiger partial charge in [-0.2, -0.15) is 9.50 Å². The van der Waals surface area contributed by atoms with Gasteiger partial charge in [-0.05, 0) is 19.1 Å². The average molecular weight is 256 g/mol. The third-order valence-corrected chi connectivity index (χ3v) is 2.81. The summed E-state index contributed by atoms with van der Waals surface area (Å²) in [4.78, 5) is 20.5. The summed E-state index contributed by atoms with van der Waals surface area (Å²) in [6, 6.07) is 8.87. The van der Waals surface area contributed by atoms with Crippen LogP contribution < -0.4 is 10.3 Å². The lowest BCUT2D eigenvalue weighted by atomic mass is 10.1. The molecular weight excluding hydrogens is 244 g/mol. The number of methoxy groups -OCH3 is 1. The number of aryl methyl sites for hydroxylation is 1. The van der Waals surface area contributed by atoms with Gasteiger partial charge in [-0.15, -0.1) is 0 Å². The van der Waals surface area contributed by atoms with Crippen molar-refractivity contribution in [2.24, 2.45) is 0 Å². The van der Waals surface area contributed by atoms with Gasteiger partial charge >= 0.3 is 0 Å². The molecule has 19 heavy (non-hydrogen) atoms. The zero-order valence-corrected chi connectivity index (χ0v) is 10.5.